The Bertz CT molecular complexity index is 805. The lowest BCUT2D eigenvalue weighted by Gasteiger charge is -2.27. The predicted molar refractivity (Wildman–Crippen MR) is 110 cm³/mol. The van der Waals surface area contributed by atoms with Crippen LogP contribution in [-0.2, 0) is 18.5 Å². The van der Waals surface area contributed by atoms with Gasteiger partial charge in [-0.15, -0.1) is 0 Å². The topological polar surface area (TPSA) is 114 Å². The number of ether oxygens (including phenoxy) is 1. The Morgan fingerprint density at radius 2 is 2.00 bits per heavy atom. The highest BCUT2D eigenvalue weighted by Gasteiger charge is 2.45. The van der Waals surface area contributed by atoms with E-state index in [1.165, 1.54) is 9.21 Å². The van der Waals surface area contributed by atoms with Crippen molar-refractivity contribution in [3.05, 3.63) is 29.3 Å². The number of benzene rings is 1. The van der Waals surface area contributed by atoms with E-state index in [1.54, 1.807) is 18.2 Å². The van der Waals surface area contributed by atoms with Crippen LogP contribution in [0.4, 0.5) is 5.69 Å². The second kappa shape index (κ2) is 9.67. The summed E-state index contributed by atoms with van der Waals surface area (Å²) in [5, 5.41) is 5.28. The summed E-state index contributed by atoms with van der Waals surface area (Å²) in [6.07, 6.45) is 0.219. The number of rotatable bonds is 9. The number of carbonyl (C=O) groups is 4. The first kappa shape index (κ1) is 21.0. The smallest absolute Gasteiger partial charge is 0.264 e. The number of halogens is 1. The molecule has 2 aliphatic rings. The summed E-state index contributed by atoms with van der Waals surface area (Å²) in [5.74, 6) is -2.09. The van der Waals surface area contributed by atoms with Crippen LogP contribution in [0, 0.1) is 0 Å². The molecule has 1 atom stereocenters. The molecule has 0 radical (unpaired) electrons. The molecule has 0 saturated carbocycles. The number of hydrogen-bond donors (Lipinski definition) is 2. The third-order valence-corrected chi connectivity index (χ3v) is 5.40. The molecule has 28 heavy (non-hydrogen) atoms. The highest BCUT2D eigenvalue weighted by atomic mass is 127. The lowest BCUT2D eigenvalue weighted by atomic mass is 10.0. The van der Waals surface area contributed by atoms with Gasteiger partial charge < -0.3 is 14.2 Å². The SMILES string of the molecule is O=C1CCC(N2C(=O)c3cccc(NCCOCCOSI)c3C2=O)C(=O)N1. The maximum atomic E-state index is 12.9. The van der Waals surface area contributed by atoms with E-state index in [2.05, 4.69) is 10.6 Å². The van der Waals surface area contributed by atoms with E-state index in [1.807, 2.05) is 21.2 Å². The number of anilines is 1. The Labute approximate surface area is 177 Å². The first-order valence-corrected chi connectivity index (χ1v) is 11.9. The highest BCUT2D eigenvalue weighted by Crippen LogP contribution is 2.32. The van der Waals surface area contributed by atoms with Gasteiger partial charge in [-0.2, -0.15) is 0 Å². The zero-order chi connectivity index (χ0) is 20.1. The Morgan fingerprint density at radius 3 is 2.75 bits per heavy atom. The number of piperidine rings is 1. The number of imide groups is 2. The molecule has 9 nitrogen and oxygen atoms in total. The van der Waals surface area contributed by atoms with Crippen molar-refractivity contribution in [1.82, 2.24) is 10.2 Å². The van der Waals surface area contributed by atoms with Crippen molar-refractivity contribution in [2.75, 3.05) is 31.7 Å². The van der Waals surface area contributed by atoms with E-state index in [-0.39, 0.29) is 24.0 Å². The minimum absolute atomic E-state index is 0.0893. The molecule has 1 fully saturated rings. The molecule has 1 aromatic carbocycles. The van der Waals surface area contributed by atoms with E-state index >= 15 is 0 Å². The van der Waals surface area contributed by atoms with Crippen molar-refractivity contribution >= 4 is 59.7 Å². The van der Waals surface area contributed by atoms with Gasteiger partial charge in [0.05, 0.1) is 40.2 Å². The normalized spacial score (nSPS) is 19.0. The van der Waals surface area contributed by atoms with Gasteiger partial charge in [-0.3, -0.25) is 29.4 Å². The molecule has 0 aromatic heterocycles. The zero-order valence-electron chi connectivity index (χ0n) is 14.7. The fourth-order valence-electron chi connectivity index (χ4n) is 3.15. The molecule has 150 valence electrons. The van der Waals surface area contributed by atoms with Gasteiger partial charge in [0.15, 0.2) is 0 Å². The summed E-state index contributed by atoms with van der Waals surface area (Å²) in [6, 6.07) is 3.96. The van der Waals surface area contributed by atoms with Crippen LogP contribution in [0.3, 0.4) is 0 Å². The van der Waals surface area contributed by atoms with E-state index in [0.717, 1.165) is 4.90 Å². The molecular weight excluding hydrogens is 501 g/mol. The van der Waals surface area contributed by atoms with Gasteiger partial charge in [-0.25, -0.2) is 0 Å². The summed E-state index contributed by atoms with van der Waals surface area (Å²) in [5.41, 5.74) is 0.989. The van der Waals surface area contributed by atoms with Crippen LogP contribution in [-0.4, -0.2) is 60.9 Å². The third kappa shape index (κ3) is 4.47. The minimum atomic E-state index is -0.975. The fourth-order valence-corrected chi connectivity index (χ4v) is 3.82. The highest BCUT2D eigenvalue weighted by molar-refractivity contribution is 14.2. The van der Waals surface area contributed by atoms with Crippen LogP contribution in [0.15, 0.2) is 18.2 Å². The van der Waals surface area contributed by atoms with Crippen molar-refractivity contribution in [1.29, 1.82) is 0 Å². The molecule has 0 spiro atoms. The molecular formula is C17H18IN3O6S. The number of nitrogens with zero attached hydrogens (tertiary/aromatic N) is 1. The van der Waals surface area contributed by atoms with Gasteiger partial charge in [-0.05, 0) is 18.6 Å². The Kier molecular flexibility index (Phi) is 7.26. The minimum Gasteiger partial charge on any atom is -0.382 e. The van der Waals surface area contributed by atoms with Gasteiger partial charge in [0.25, 0.3) is 11.8 Å². The molecule has 2 aliphatic heterocycles. The maximum Gasteiger partial charge on any atom is 0.264 e. The summed E-state index contributed by atoms with van der Waals surface area (Å²) in [4.78, 5) is 50.1. The number of fused-ring (bicyclic) bond motifs is 1. The first-order valence-electron chi connectivity index (χ1n) is 8.61. The number of amides is 4. The monoisotopic (exact) mass is 519 g/mol. The van der Waals surface area contributed by atoms with E-state index in [4.69, 9.17) is 8.92 Å². The lowest BCUT2D eigenvalue weighted by Crippen LogP contribution is -2.54. The average Bonchev–Trinajstić information content (AvgIpc) is 2.93. The fraction of sp³-hybridized carbons (Fsp3) is 0.412. The summed E-state index contributed by atoms with van der Waals surface area (Å²) >= 11 is 2.03. The Morgan fingerprint density at radius 1 is 1.18 bits per heavy atom. The van der Waals surface area contributed by atoms with Crippen molar-refractivity contribution in [3.63, 3.8) is 0 Å². The molecule has 0 aliphatic carbocycles. The van der Waals surface area contributed by atoms with Crippen LogP contribution in [0.2, 0.25) is 0 Å². The summed E-state index contributed by atoms with van der Waals surface area (Å²) in [6.45, 7) is 1.76. The average molecular weight is 519 g/mol. The van der Waals surface area contributed by atoms with Gasteiger partial charge in [0.1, 0.15) is 6.04 Å². The number of nitrogens with one attached hydrogen (secondary N) is 2. The van der Waals surface area contributed by atoms with Crippen LogP contribution >= 0.6 is 30.4 Å². The first-order chi connectivity index (χ1) is 13.5. The molecule has 3 rings (SSSR count). The third-order valence-electron chi connectivity index (χ3n) is 4.39. The summed E-state index contributed by atoms with van der Waals surface area (Å²) in [7, 11) is 1.24. The second-order valence-electron chi connectivity index (χ2n) is 6.10. The summed E-state index contributed by atoms with van der Waals surface area (Å²) < 4.78 is 10.5. The molecule has 1 aromatic rings. The predicted octanol–water partition coefficient (Wildman–Crippen LogP) is 1.53. The van der Waals surface area contributed by atoms with Crippen molar-refractivity contribution in [2.24, 2.45) is 0 Å². The molecule has 4 amide bonds. The van der Waals surface area contributed by atoms with Crippen molar-refractivity contribution in [2.45, 2.75) is 18.9 Å². The molecule has 1 saturated heterocycles. The number of hydrogen-bond acceptors (Lipinski definition) is 8. The zero-order valence-corrected chi connectivity index (χ0v) is 17.7. The largest absolute Gasteiger partial charge is 0.382 e. The maximum absolute atomic E-state index is 12.9. The number of carbonyl (C=O) groups excluding carboxylic acids is 4. The van der Waals surface area contributed by atoms with Gasteiger partial charge in [0.2, 0.25) is 11.8 Å². The van der Waals surface area contributed by atoms with E-state index in [9.17, 15) is 19.2 Å². The van der Waals surface area contributed by atoms with E-state index in [0.29, 0.717) is 32.1 Å². The van der Waals surface area contributed by atoms with Crippen LogP contribution < -0.4 is 10.6 Å². The molecule has 11 heteroatoms. The van der Waals surface area contributed by atoms with Crippen LogP contribution in [0.25, 0.3) is 0 Å². The Balaban J connectivity index is 1.66. The van der Waals surface area contributed by atoms with Crippen molar-refractivity contribution < 1.29 is 28.1 Å². The van der Waals surface area contributed by atoms with Crippen LogP contribution in [0.1, 0.15) is 33.6 Å². The molecule has 1 unspecified atom stereocenters. The van der Waals surface area contributed by atoms with Gasteiger partial charge in [0, 0.05) is 39.9 Å². The molecule has 0 bridgehead atoms. The quantitative estimate of drug-likeness (QED) is 0.219. The van der Waals surface area contributed by atoms with Gasteiger partial charge >= 0.3 is 0 Å². The van der Waals surface area contributed by atoms with E-state index < -0.39 is 29.7 Å². The second-order valence-corrected chi connectivity index (χ2v) is 7.54. The van der Waals surface area contributed by atoms with Gasteiger partial charge in [-0.1, -0.05) is 6.07 Å². The standard InChI is InChI=1S/C17H18IN3O6S/c18-28-27-9-8-26-7-6-19-11-3-1-2-10-14(11)17(25)21(16(10)24)12-4-5-13(22)20-15(12)23/h1-3,12,19H,4-9H2,(H,20,22,23). The lowest BCUT2D eigenvalue weighted by molar-refractivity contribution is -0.136. The Hall–Kier alpha value is -1.70. The van der Waals surface area contributed by atoms with Crippen LogP contribution in [0.5, 0.6) is 0 Å². The molecule has 2 heterocycles. The van der Waals surface area contributed by atoms with Crippen molar-refractivity contribution in [3.8, 4) is 0 Å². The molecule has 2 N–H and O–H groups in total.